The van der Waals surface area contributed by atoms with Gasteiger partial charge < -0.3 is 5.73 Å². The zero-order valence-corrected chi connectivity index (χ0v) is 5.33. The molecule has 1 rings (SSSR count). The van der Waals surface area contributed by atoms with Crippen LogP contribution in [-0.4, -0.2) is 0 Å². The summed E-state index contributed by atoms with van der Waals surface area (Å²) in [4.78, 5) is 0. The van der Waals surface area contributed by atoms with E-state index in [0.717, 1.165) is 0 Å². The number of nitrogens with two attached hydrogens (primary N) is 1. The van der Waals surface area contributed by atoms with Gasteiger partial charge >= 0.3 is 0 Å². The molecule has 2 heteroatoms. The molecule has 0 fully saturated rings. The molecule has 0 atom stereocenters. The Morgan fingerprint density at radius 1 is 1.70 bits per heavy atom. The number of rotatable bonds is 1. The Morgan fingerprint density at radius 3 is 3.10 bits per heavy atom. The molecule has 1 aromatic carbocycles. The number of hydrogen-bond acceptors (Lipinski definition) is 2. The van der Waals surface area contributed by atoms with Gasteiger partial charge in [0.15, 0.2) is 0 Å². The first kappa shape index (κ1) is 4.48. The maximum absolute atomic E-state index is 8.51. The summed E-state index contributed by atoms with van der Waals surface area (Å²) >= 11 is 0. The van der Waals surface area contributed by atoms with Crippen molar-refractivity contribution < 1.29 is 2.74 Å². The second kappa shape index (κ2) is 3.00. The number of nitrogens with zero attached hydrogens (tertiary/aromatic N) is 1. The summed E-state index contributed by atoms with van der Waals surface area (Å²) in [6, 6.07) is 8.13. The Hall–Kier alpha value is -1.33. The second-order valence-corrected chi connectivity index (χ2v) is 1.84. The normalized spacial score (nSPS) is 13.2. The molecular formula is C8H8N2. The third kappa shape index (κ3) is 1.34. The molecule has 10 heavy (non-hydrogen) atoms. The maximum Gasteiger partial charge on any atom is 0.0991 e. The van der Waals surface area contributed by atoms with E-state index in [1.54, 1.807) is 18.2 Å². The minimum absolute atomic E-state index is 0.321. The van der Waals surface area contributed by atoms with E-state index in [9.17, 15) is 0 Å². The van der Waals surface area contributed by atoms with Gasteiger partial charge in [-0.15, -0.1) is 0 Å². The molecule has 0 aliphatic heterocycles. The monoisotopic (exact) mass is 134 g/mol. The third-order valence-corrected chi connectivity index (χ3v) is 1.16. The third-order valence-electron chi connectivity index (χ3n) is 1.16. The second-order valence-electron chi connectivity index (χ2n) is 1.84. The highest BCUT2D eigenvalue weighted by Crippen LogP contribution is 2.01. The molecule has 0 saturated carbocycles. The summed E-state index contributed by atoms with van der Waals surface area (Å²) < 4.78 is 14.4. The predicted octanol–water partition coefficient (Wildman–Crippen LogP) is 1.02. The van der Waals surface area contributed by atoms with Gasteiger partial charge in [0.25, 0.3) is 0 Å². The Balaban J connectivity index is 3.13. The first-order valence-electron chi connectivity index (χ1n) is 3.83. The molecule has 0 unspecified atom stereocenters. The van der Waals surface area contributed by atoms with Crippen molar-refractivity contribution in [1.82, 2.24) is 0 Å². The van der Waals surface area contributed by atoms with Gasteiger partial charge in [0.05, 0.1) is 11.6 Å². The topological polar surface area (TPSA) is 49.8 Å². The van der Waals surface area contributed by atoms with Crippen molar-refractivity contribution in [2.24, 2.45) is 5.73 Å². The van der Waals surface area contributed by atoms with Gasteiger partial charge in [0, 0.05) is 9.24 Å². The molecule has 0 aromatic heterocycles. The lowest BCUT2D eigenvalue weighted by atomic mass is 10.1. The minimum atomic E-state index is -1.87. The standard InChI is InChI=1S/C8H8N2/c9-5-7-2-1-3-8(4-7)6-10/h1-4H,5,9H2/i5D2. The Morgan fingerprint density at radius 2 is 2.50 bits per heavy atom. The van der Waals surface area contributed by atoms with Crippen molar-refractivity contribution in [1.29, 1.82) is 5.26 Å². The summed E-state index contributed by atoms with van der Waals surface area (Å²) in [6.45, 7) is -1.87. The zero-order valence-electron chi connectivity index (χ0n) is 7.33. The fourth-order valence-electron chi connectivity index (χ4n) is 0.679. The molecule has 2 N–H and O–H groups in total. The van der Waals surface area contributed by atoms with Crippen molar-refractivity contribution in [3.8, 4) is 6.07 Å². The fourth-order valence-corrected chi connectivity index (χ4v) is 0.679. The van der Waals surface area contributed by atoms with Crippen LogP contribution >= 0.6 is 0 Å². The lowest BCUT2D eigenvalue weighted by molar-refractivity contribution is 1.07. The Kier molecular flexibility index (Phi) is 1.34. The minimum Gasteiger partial charge on any atom is -0.326 e. The molecule has 0 aliphatic carbocycles. The van der Waals surface area contributed by atoms with E-state index in [2.05, 4.69) is 0 Å². The lowest BCUT2D eigenvalue weighted by Crippen LogP contribution is -1.95. The summed E-state index contributed by atoms with van der Waals surface area (Å²) in [5.74, 6) is 0. The zero-order chi connectivity index (χ0) is 9.19. The molecule has 0 heterocycles. The summed E-state index contributed by atoms with van der Waals surface area (Å²) in [5, 5.41) is 8.51. The molecule has 1 aromatic rings. The van der Waals surface area contributed by atoms with Crippen molar-refractivity contribution in [3.05, 3.63) is 35.4 Å². The van der Waals surface area contributed by atoms with Crippen LogP contribution in [0.2, 0.25) is 0 Å². The van der Waals surface area contributed by atoms with Gasteiger partial charge in [-0.1, -0.05) is 12.1 Å². The fraction of sp³-hybridized carbons (Fsp3) is 0.125. The van der Waals surface area contributed by atoms with Crippen LogP contribution in [0.25, 0.3) is 0 Å². The van der Waals surface area contributed by atoms with Crippen LogP contribution in [0.5, 0.6) is 0 Å². The lowest BCUT2D eigenvalue weighted by Gasteiger charge is -1.93. The molecule has 50 valence electrons. The Bertz CT molecular complexity index is 323. The highest BCUT2D eigenvalue weighted by molar-refractivity contribution is 5.32. The van der Waals surface area contributed by atoms with Crippen LogP contribution < -0.4 is 5.73 Å². The molecule has 2 nitrogen and oxygen atoms in total. The quantitative estimate of drug-likeness (QED) is 0.623. The summed E-state index contributed by atoms with van der Waals surface area (Å²) in [5.41, 5.74) is 5.94. The molecular weight excluding hydrogens is 124 g/mol. The first-order valence-corrected chi connectivity index (χ1v) is 2.83. The molecule has 0 amide bonds. The largest absolute Gasteiger partial charge is 0.326 e. The van der Waals surface area contributed by atoms with Crippen molar-refractivity contribution >= 4 is 0 Å². The van der Waals surface area contributed by atoms with Gasteiger partial charge in [-0.05, 0) is 17.7 Å². The van der Waals surface area contributed by atoms with Gasteiger partial charge in [-0.3, -0.25) is 0 Å². The highest BCUT2D eigenvalue weighted by Gasteiger charge is 1.90. The van der Waals surface area contributed by atoms with Crippen LogP contribution in [0.15, 0.2) is 24.3 Å². The van der Waals surface area contributed by atoms with Gasteiger partial charge in [0.1, 0.15) is 0 Å². The number of hydrogen-bond donors (Lipinski definition) is 1. The molecule has 0 spiro atoms. The smallest absolute Gasteiger partial charge is 0.0991 e. The van der Waals surface area contributed by atoms with E-state index in [1.165, 1.54) is 6.07 Å². The average Bonchev–Trinajstić information content (AvgIpc) is 2.03. The Labute approximate surface area is 62.7 Å². The van der Waals surface area contributed by atoms with E-state index in [1.807, 2.05) is 6.07 Å². The van der Waals surface area contributed by atoms with Crippen LogP contribution in [0.1, 0.15) is 13.9 Å². The predicted molar refractivity (Wildman–Crippen MR) is 39.0 cm³/mol. The highest BCUT2D eigenvalue weighted by atomic mass is 14.5. The van der Waals surface area contributed by atoms with Crippen LogP contribution in [-0.2, 0) is 6.50 Å². The molecule has 0 bridgehead atoms. The summed E-state index contributed by atoms with van der Waals surface area (Å²) in [7, 11) is 0. The van der Waals surface area contributed by atoms with Crippen LogP contribution in [0, 0.1) is 11.3 Å². The number of nitriles is 1. The van der Waals surface area contributed by atoms with Crippen molar-refractivity contribution in [3.63, 3.8) is 0 Å². The number of benzene rings is 1. The van der Waals surface area contributed by atoms with Gasteiger partial charge in [-0.25, -0.2) is 0 Å². The summed E-state index contributed by atoms with van der Waals surface area (Å²) in [6.07, 6.45) is 0. The molecule has 0 aliphatic rings. The van der Waals surface area contributed by atoms with E-state index < -0.39 is 6.50 Å². The van der Waals surface area contributed by atoms with Gasteiger partial charge in [0.2, 0.25) is 0 Å². The van der Waals surface area contributed by atoms with Crippen molar-refractivity contribution in [2.45, 2.75) is 6.50 Å². The maximum atomic E-state index is 8.51. The molecule has 0 saturated heterocycles. The SMILES string of the molecule is [2H]C([2H])(N)c1cccc(C#N)c1. The average molecular weight is 134 g/mol. The van der Waals surface area contributed by atoms with Gasteiger partial charge in [-0.2, -0.15) is 5.26 Å². The van der Waals surface area contributed by atoms with Crippen molar-refractivity contribution in [2.75, 3.05) is 0 Å². The first-order chi connectivity index (χ1) is 5.54. The molecule has 0 radical (unpaired) electrons. The van der Waals surface area contributed by atoms with Crippen LogP contribution in [0.4, 0.5) is 0 Å². The van der Waals surface area contributed by atoms with E-state index in [0.29, 0.717) is 11.1 Å². The van der Waals surface area contributed by atoms with E-state index in [-0.39, 0.29) is 0 Å². The van der Waals surface area contributed by atoms with E-state index in [4.69, 9.17) is 13.7 Å². The van der Waals surface area contributed by atoms with Crippen LogP contribution in [0.3, 0.4) is 0 Å². The van der Waals surface area contributed by atoms with E-state index >= 15 is 0 Å².